The number of aryl methyl sites for hydroxylation is 1. The van der Waals surface area contributed by atoms with Crippen molar-refractivity contribution < 1.29 is 32.2 Å². The number of ether oxygens (including phenoxy) is 2. The Morgan fingerprint density at radius 1 is 1.17 bits per heavy atom. The number of piperazine rings is 1. The fourth-order valence-electron chi connectivity index (χ4n) is 3.53. The molecule has 1 aliphatic heterocycles. The molecular weight excluding hydrogens is 501 g/mol. The molecule has 0 spiro atoms. The molecule has 1 aromatic carbocycles. The first-order valence-corrected chi connectivity index (χ1v) is 12.1. The van der Waals surface area contributed by atoms with Gasteiger partial charge in [-0.2, -0.15) is 0 Å². The highest BCUT2D eigenvalue weighted by Gasteiger charge is 2.23. The van der Waals surface area contributed by atoms with E-state index in [-0.39, 0.29) is 22.2 Å². The molecule has 10 nitrogen and oxygen atoms in total. The largest absolute Gasteiger partial charge is 0.469 e. The van der Waals surface area contributed by atoms with E-state index in [0.29, 0.717) is 18.1 Å². The van der Waals surface area contributed by atoms with Gasteiger partial charge in [0.2, 0.25) is 5.75 Å². The van der Waals surface area contributed by atoms with E-state index in [1.165, 1.54) is 6.92 Å². The Labute approximate surface area is 210 Å². The number of unbranched alkanes of at least 4 members (excludes halogenated alkanes) is 1. The number of aromatic nitrogens is 1. The maximum absolute atomic E-state index is 14.1. The van der Waals surface area contributed by atoms with Crippen molar-refractivity contribution in [2.75, 3.05) is 51.6 Å². The van der Waals surface area contributed by atoms with E-state index in [4.69, 9.17) is 15.2 Å². The third-order valence-corrected chi connectivity index (χ3v) is 6.35. The van der Waals surface area contributed by atoms with Crippen LogP contribution in [-0.2, 0) is 6.61 Å². The van der Waals surface area contributed by atoms with Crippen LogP contribution >= 0.6 is 11.5 Å². The quantitative estimate of drug-likeness (QED) is 0.319. The van der Waals surface area contributed by atoms with E-state index in [9.17, 15) is 22.8 Å². The van der Waals surface area contributed by atoms with Crippen LogP contribution in [0.5, 0.6) is 11.6 Å². The molecule has 3 amide bonds. The molecule has 3 rings (SSSR count). The molecule has 0 aliphatic carbocycles. The van der Waals surface area contributed by atoms with Crippen LogP contribution in [0.2, 0.25) is 0 Å². The monoisotopic (exact) mass is 530 g/mol. The Kier molecular flexibility index (Phi) is 9.73. The summed E-state index contributed by atoms with van der Waals surface area (Å²) in [7, 11) is 2.10. The number of benzene rings is 1. The molecule has 2 aromatic rings. The van der Waals surface area contributed by atoms with Crippen molar-refractivity contribution in [2.24, 2.45) is 5.73 Å². The Morgan fingerprint density at radius 2 is 1.89 bits per heavy atom. The van der Waals surface area contributed by atoms with Gasteiger partial charge in [-0.25, -0.2) is 22.8 Å². The van der Waals surface area contributed by atoms with Crippen LogP contribution in [0.15, 0.2) is 6.07 Å². The van der Waals surface area contributed by atoms with Crippen LogP contribution in [-0.4, -0.2) is 72.6 Å². The van der Waals surface area contributed by atoms with Crippen LogP contribution in [0.25, 0.3) is 0 Å². The lowest BCUT2D eigenvalue weighted by Gasteiger charge is -2.32. The third-order valence-electron chi connectivity index (χ3n) is 5.62. The van der Waals surface area contributed by atoms with Crippen LogP contribution in [0.3, 0.4) is 0 Å². The summed E-state index contributed by atoms with van der Waals surface area (Å²) in [6.45, 7) is 6.00. The van der Waals surface area contributed by atoms with Gasteiger partial charge >= 0.3 is 12.1 Å². The number of carbonyl (C=O) groups excluding carboxylic acids is 2. The van der Waals surface area contributed by atoms with Gasteiger partial charge in [-0.3, -0.25) is 5.32 Å². The number of carbonyl (C=O) groups is 2. The number of hydrogen-bond donors (Lipinski definition) is 3. The maximum atomic E-state index is 14.1. The highest BCUT2D eigenvalue weighted by atomic mass is 32.1. The minimum Gasteiger partial charge on any atom is -0.469 e. The van der Waals surface area contributed by atoms with Crippen molar-refractivity contribution >= 4 is 28.7 Å². The zero-order valence-electron chi connectivity index (χ0n) is 20.0. The van der Waals surface area contributed by atoms with E-state index in [0.717, 1.165) is 51.6 Å². The van der Waals surface area contributed by atoms with E-state index in [2.05, 4.69) is 31.9 Å². The molecule has 2 heterocycles. The Hall–Kier alpha value is -3.10. The van der Waals surface area contributed by atoms with Gasteiger partial charge in [0.05, 0.1) is 5.56 Å². The predicted octanol–water partition coefficient (Wildman–Crippen LogP) is 3.05. The first-order valence-electron chi connectivity index (χ1n) is 11.3. The van der Waals surface area contributed by atoms with Crippen LogP contribution in [0, 0.1) is 24.4 Å². The maximum Gasteiger partial charge on any atom is 0.410 e. The summed E-state index contributed by atoms with van der Waals surface area (Å²) >= 11 is 0.706. The molecule has 1 aromatic heterocycles. The normalized spacial score (nSPS) is 14.5. The van der Waals surface area contributed by atoms with Crippen LogP contribution in [0.4, 0.5) is 27.8 Å². The number of nitrogens with two attached hydrogens (primary N) is 1. The lowest BCUT2D eigenvalue weighted by Crippen LogP contribution is -2.44. The molecule has 14 heteroatoms. The molecule has 1 saturated heterocycles. The number of amides is 3. The van der Waals surface area contributed by atoms with E-state index in [1.807, 2.05) is 0 Å². The van der Waals surface area contributed by atoms with Gasteiger partial charge in [0.1, 0.15) is 12.4 Å². The molecular formula is C22H29F3N6O4S. The number of primary amides is 1. The van der Waals surface area contributed by atoms with Crippen LogP contribution < -0.4 is 25.8 Å². The molecule has 0 atom stereocenters. The SMILES string of the molecule is Cc1cc(F)c(COc2nsc(NC(=O)NCCCCN3CCN(C)CC3)c2OC(N)=O)c(F)c1F. The second-order valence-electron chi connectivity index (χ2n) is 8.37. The molecule has 1 aliphatic rings. The van der Waals surface area contributed by atoms with Crippen molar-refractivity contribution in [2.45, 2.75) is 26.4 Å². The van der Waals surface area contributed by atoms with Gasteiger partial charge in [-0.05, 0) is 56.5 Å². The number of hydrogen-bond acceptors (Lipinski definition) is 8. The summed E-state index contributed by atoms with van der Waals surface area (Å²) in [4.78, 5) is 28.3. The topological polar surface area (TPSA) is 122 Å². The van der Waals surface area contributed by atoms with Gasteiger partial charge in [0.25, 0.3) is 5.88 Å². The van der Waals surface area contributed by atoms with E-state index >= 15 is 0 Å². The van der Waals surface area contributed by atoms with Gasteiger partial charge in [0, 0.05) is 32.7 Å². The summed E-state index contributed by atoms with van der Waals surface area (Å²) in [5, 5.41) is 5.18. The highest BCUT2D eigenvalue weighted by molar-refractivity contribution is 7.11. The number of likely N-dealkylation sites (N-methyl/N-ethyl adjacent to an activating group) is 1. The van der Waals surface area contributed by atoms with Crippen molar-refractivity contribution in [1.82, 2.24) is 19.5 Å². The molecule has 36 heavy (non-hydrogen) atoms. The minimum atomic E-state index is -1.40. The van der Waals surface area contributed by atoms with Crippen molar-refractivity contribution in [3.63, 3.8) is 0 Å². The summed E-state index contributed by atoms with van der Waals surface area (Å²) in [6.07, 6.45) is 0.475. The fourth-order valence-corrected chi connectivity index (χ4v) is 4.19. The number of urea groups is 1. The summed E-state index contributed by atoms with van der Waals surface area (Å²) < 4.78 is 56.1. The Bertz CT molecular complexity index is 1080. The van der Waals surface area contributed by atoms with Gasteiger partial charge in [0.15, 0.2) is 16.6 Å². The lowest BCUT2D eigenvalue weighted by molar-refractivity contribution is 0.152. The van der Waals surface area contributed by atoms with Gasteiger partial charge < -0.3 is 30.3 Å². The number of nitrogens with one attached hydrogen (secondary N) is 2. The molecule has 1 fully saturated rings. The smallest absolute Gasteiger partial charge is 0.410 e. The average molecular weight is 531 g/mol. The zero-order valence-corrected chi connectivity index (χ0v) is 20.9. The van der Waals surface area contributed by atoms with Crippen molar-refractivity contribution in [3.05, 3.63) is 34.6 Å². The molecule has 0 unspecified atom stereocenters. The van der Waals surface area contributed by atoms with E-state index in [1.54, 1.807) is 0 Å². The van der Waals surface area contributed by atoms with Gasteiger partial charge in [-0.1, -0.05) is 0 Å². The molecule has 0 bridgehead atoms. The molecule has 0 saturated carbocycles. The zero-order chi connectivity index (χ0) is 26.2. The molecule has 198 valence electrons. The number of anilines is 1. The number of rotatable bonds is 10. The van der Waals surface area contributed by atoms with Gasteiger partial charge in [-0.15, -0.1) is 4.37 Å². The van der Waals surface area contributed by atoms with Crippen molar-refractivity contribution in [1.29, 1.82) is 0 Å². The second kappa shape index (κ2) is 12.7. The molecule has 0 radical (unpaired) electrons. The average Bonchev–Trinajstić information content (AvgIpc) is 3.18. The minimum absolute atomic E-state index is 0.00485. The lowest BCUT2D eigenvalue weighted by atomic mass is 10.1. The number of halogens is 3. The fraction of sp³-hybridized carbons (Fsp3) is 0.500. The predicted molar refractivity (Wildman–Crippen MR) is 128 cm³/mol. The Morgan fingerprint density at radius 3 is 2.58 bits per heavy atom. The molecule has 4 N–H and O–H groups in total. The van der Waals surface area contributed by atoms with E-state index < -0.39 is 41.7 Å². The second-order valence-corrected chi connectivity index (χ2v) is 9.14. The summed E-state index contributed by atoms with van der Waals surface area (Å²) in [6, 6.07) is 0.262. The van der Waals surface area contributed by atoms with Crippen molar-refractivity contribution in [3.8, 4) is 11.6 Å². The first-order chi connectivity index (χ1) is 17.2. The van der Waals surface area contributed by atoms with Crippen LogP contribution in [0.1, 0.15) is 24.0 Å². The summed E-state index contributed by atoms with van der Waals surface area (Å²) in [5.74, 6) is -4.29. The first kappa shape index (κ1) is 27.5. The number of nitrogens with zero attached hydrogens (tertiary/aromatic N) is 3. The summed E-state index contributed by atoms with van der Waals surface area (Å²) in [5.41, 5.74) is 4.22. The highest BCUT2D eigenvalue weighted by Crippen LogP contribution is 2.39. The third kappa shape index (κ3) is 7.45. The standard InChI is InChI=1S/C22H29F3N6O4S/c1-13-11-15(23)14(17(25)16(13)24)12-34-19-18(35-21(26)32)20(36-29-19)28-22(33)27-5-3-4-6-31-9-7-30(2)8-10-31/h11H,3-10,12H2,1-2H3,(H2,26,32)(H2,27,28,33). The Balaban J connectivity index is 1.53.